The summed E-state index contributed by atoms with van der Waals surface area (Å²) in [5, 5.41) is 0. The molecule has 2 aliphatic carbocycles. The number of hydrogen-bond acceptors (Lipinski definition) is 3. The molecule has 0 radical (unpaired) electrons. The average Bonchev–Trinajstić information content (AvgIpc) is 3.19. The topological polar surface area (TPSA) is 54.5 Å². The molecule has 0 unspecified atom stereocenters. The Bertz CT molecular complexity index is 845. The third-order valence-electron chi connectivity index (χ3n) is 7.68. The lowest BCUT2D eigenvalue weighted by atomic mass is 9.70. The Labute approximate surface area is 157 Å². The predicted molar refractivity (Wildman–Crippen MR) is 102 cm³/mol. The first-order valence-electron chi connectivity index (χ1n) is 9.77. The van der Waals surface area contributed by atoms with Gasteiger partial charge in [-0.3, -0.25) is 4.79 Å². The molecule has 1 aliphatic heterocycles. The van der Waals surface area contributed by atoms with Crippen LogP contribution in [0.15, 0.2) is 24.3 Å². The lowest BCUT2D eigenvalue weighted by Gasteiger charge is -2.38. The van der Waals surface area contributed by atoms with Crippen LogP contribution < -0.4 is 0 Å². The van der Waals surface area contributed by atoms with Crippen LogP contribution in [0.2, 0.25) is 0 Å². The van der Waals surface area contributed by atoms with E-state index >= 15 is 0 Å². The second kappa shape index (κ2) is 5.90. The summed E-state index contributed by atoms with van der Waals surface area (Å²) >= 11 is 0. The molecule has 26 heavy (non-hydrogen) atoms. The Morgan fingerprint density at radius 1 is 1.19 bits per heavy atom. The number of aryl methyl sites for hydroxylation is 1. The van der Waals surface area contributed by atoms with Crippen molar-refractivity contribution in [2.45, 2.75) is 58.9 Å². The van der Waals surface area contributed by atoms with Crippen molar-refractivity contribution in [3.63, 3.8) is 0 Å². The maximum atomic E-state index is 13.5. The molecule has 0 amide bonds. The summed E-state index contributed by atoms with van der Waals surface area (Å²) in [4.78, 5) is 12.8. The Kier molecular flexibility index (Phi) is 4.12. The van der Waals surface area contributed by atoms with E-state index in [2.05, 4.69) is 13.8 Å². The van der Waals surface area contributed by atoms with E-state index < -0.39 is 15.4 Å². The van der Waals surface area contributed by atoms with E-state index in [1.54, 1.807) is 4.31 Å². The Balaban J connectivity index is 1.67. The summed E-state index contributed by atoms with van der Waals surface area (Å²) < 4.78 is 28.6. The Morgan fingerprint density at radius 3 is 2.54 bits per heavy atom. The first-order chi connectivity index (χ1) is 12.2. The van der Waals surface area contributed by atoms with Gasteiger partial charge in [0.15, 0.2) is 0 Å². The van der Waals surface area contributed by atoms with Gasteiger partial charge >= 0.3 is 0 Å². The van der Waals surface area contributed by atoms with Crippen molar-refractivity contribution in [1.29, 1.82) is 0 Å². The van der Waals surface area contributed by atoms with E-state index in [4.69, 9.17) is 0 Å². The molecule has 3 fully saturated rings. The van der Waals surface area contributed by atoms with Crippen molar-refractivity contribution in [2.24, 2.45) is 16.7 Å². The summed E-state index contributed by atoms with van der Waals surface area (Å²) in [6.45, 7) is 6.82. The Hall–Kier alpha value is -1.20. The minimum Gasteiger partial charge on any atom is -0.299 e. The van der Waals surface area contributed by atoms with Crippen LogP contribution in [0, 0.1) is 23.7 Å². The monoisotopic (exact) mass is 375 g/mol. The summed E-state index contributed by atoms with van der Waals surface area (Å²) in [5.41, 5.74) is 1.34. The van der Waals surface area contributed by atoms with E-state index in [0.29, 0.717) is 18.9 Å². The molecule has 1 saturated heterocycles. The Morgan fingerprint density at radius 2 is 1.92 bits per heavy atom. The van der Waals surface area contributed by atoms with Crippen molar-refractivity contribution in [3.05, 3.63) is 35.4 Å². The maximum absolute atomic E-state index is 13.5. The standard InChI is InChI=1S/C21H29NO3S/c1-15-7-4-5-8-17(15)18-9-6-12-22(18)26(24,25)14-21-11-10-16(13-19(21)23)20(21,2)3/h4-5,7-8,16,18H,6,9-14H2,1-3H3/t16-,18+,21-/m0/s1. The molecular weight excluding hydrogens is 346 g/mol. The number of carbonyl (C=O) groups excluding carboxylic acids is 1. The van der Waals surface area contributed by atoms with Crippen molar-refractivity contribution >= 4 is 15.8 Å². The third kappa shape index (κ3) is 2.43. The summed E-state index contributed by atoms with van der Waals surface area (Å²) in [6, 6.07) is 7.97. The third-order valence-corrected chi connectivity index (χ3v) is 9.69. The number of sulfonamides is 1. The molecule has 2 bridgehead atoms. The zero-order valence-electron chi connectivity index (χ0n) is 16.0. The van der Waals surface area contributed by atoms with E-state index in [-0.39, 0.29) is 23.0 Å². The number of carbonyl (C=O) groups is 1. The van der Waals surface area contributed by atoms with E-state index in [0.717, 1.165) is 36.8 Å². The van der Waals surface area contributed by atoms with Crippen LogP contribution >= 0.6 is 0 Å². The molecule has 4 rings (SSSR count). The number of Topliss-reactive ketones (excluding diaryl/α,β-unsaturated/α-hetero) is 1. The summed E-state index contributed by atoms with van der Waals surface area (Å²) in [5.74, 6) is 0.509. The van der Waals surface area contributed by atoms with Crippen LogP contribution in [0.25, 0.3) is 0 Å². The number of ketones is 1. The first kappa shape index (κ1) is 18.2. The quantitative estimate of drug-likeness (QED) is 0.803. The summed E-state index contributed by atoms with van der Waals surface area (Å²) in [7, 11) is -3.49. The molecule has 1 aromatic rings. The fourth-order valence-electron chi connectivity index (χ4n) is 5.85. The van der Waals surface area contributed by atoms with Crippen LogP contribution in [0.1, 0.15) is 63.1 Å². The fraction of sp³-hybridized carbons (Fsp3) is 0.667. The van der Waals surface area contributed by atoms with Crippen molar-refractivity contribution in [2.75, 3.05) is 12.3 Å². The predicted octanol–water partition coefficient (Wildman–Crippen LogP) is 3.86. The van der Waals surface area contributed by atoms with Gasteiger partial charge in [0.2, 0.25) is 10.0 Å². The van der Waals surface area contributed by atoms with Gasteiger partial charge in [0.05, 0.1) is 5.75 Å². The van der Waals surface area contributed by atoms with Gasteiger partial charge in [0.1, 0.15) is 5.78 Å². The van der Waals surface area contributed by atoms with Gasteiger partial charge in [-0.1, -0.05) is 38.1 Å². The van der Waals surface area contributed by atoms with Crippen LogP contribution in [0.4, 0.5) is 0 Å². The van der Waals surface area contributed by atoms with Crippen molar-refractivity contribution < 1.29 is 13.2 Å². The molecule has 1 heterocycles. The second-order valence-electron chi connectivity index (χ2n) is 9.05. The number of rotatable bonds is 4. The molecule has 5 heteroatoms. The highest BCUT2D eigenvalue weighted by Gasteiger charge is 2.65. The highest BCUT2D eigenvalue weighted by atomic mass is 32.2. The molecule has 1 aromatic carbocycles. The smallest absolute Gasteiger partial charge is 0.215 e. The van der Waals surface area contributed by atoms with Gasteiger partial charge < -0.3 is 0 Å². The molecule has 142 valence electrons. The molecule has 3 atom stereocenters. The molecule has 0 aromatic heterocycles. The molecule has 2 saturated carbocycles. The van der Waals surface area contributed by atoms with Crippen LogP contribution in [-0.2, 0) is 14.8 Å². The normalized spacial score (nSPS) is 33.9. The highest BCUT2D eigenvalue weighted by Crippen LogP contribution is 2.64. The zero-order chi connectivity index (χ0) is 18.7. The molecule has 4 nitrogen and oxygen atoms in total. The van der Waals surface area contributed by atoms with Gasteiger partial charge in [-0.05, 0) is 55.1 Å². The minimum atomic E-state index is -3.49. The first-order valence-corrected chi connectivity index (χ1v) is 11.4. The SMILES string of the molecule is Cc1ccccc1[C@H]1CCCN1S(=O)(=O)C[C@@]12CC[C@@H](CC1=O)C2(C)C. The molecule has 0 N–H and O–H groups in total. The molecular formula is C21H29NO3S. The van der Waals surface area contributed by atoms with Gasteiger partial charge in [-0.25, -0.2) is 8.42 Å². The van der Waals surface area contributed by atoms with Gasteiger partial charge in [-0.2, -0.15) is 4.31 Å². The second-order valence-corrected chi connectivity index (χ2v) is 11.0. The highest BCUT2D eigenvalue weighted by molar-refractivity contribution is 7.89. The number of hydrogen-bond donors (Lipinski definition) is 0. The van der Waals surface area contributed by atoms with Gasteiger partial charge in [-0.15, -0.1) is 0 Å². The largest absolute Gasteiger partial charge is 0.299 e. The average molecular weight is 376 g/mol. The zero-order valence-corrected chi connectivity index (χ0v) is 16.8. The van der Waals surface area contributed by atoms with E-state index in [9.17, 15) is 13.2 Å². The van der Waals surface area contributed by atoms with Crippen LogP contribution in [-0.4, -0.2) is 30.8 Å². The lowest BCUT2D eigenvalue weighted by molar-refractivity contribution is -0.128. The van der Waals surface area contributed by atoms with Crippen LogP contribution in [0.3, 0.4) is 0 Å². The maximum Gasteiger partial charge on any atom is 0.215 e. The number of nitrogens with zero attached hydrogens (tertiary/aromatic N) is 1. The van der Waals surface area contributed by atoms with E-state index in [1.165, 1.54) is 0 Å². The lowest BCUT2D eigenvalue weighted by Crippen LogP contribution is -2.46. The molecule has 3 aliphatic rings. The summed E-state index contributed by atoms with van der Waals surface area (Å²) in [6.07, 6.45) is 4.01. The van der Waals surface area contributed by atoms with E-state index in [1.807, 2.05) is 31.2 Å². The van der Waals surface area contributed by atoms with Crippen molar-refractivity contribution in [1.82, 2.24) is 4.31 Å². The molecule has 0 spiro atoms. The van der Waals surface area contributed by atoms with Gasteiger partial charge in [0, 0.05) is 24.4 Å². The number of fused-ring (bicyclic) bond motifs is 2. The van der Waals surface area contributed by atoms with Crippen molar-refractivity contribution in [3.8, 4) is 0 Å². The van der Waals surface area contributed by atoms with Crippen LogP contribution in [0.5, 0.6) is 0 Å². The van der Waals surface area contributed by atoms with Gasteiger partial charge in [0.25, 0.3) is 0 Å². The minimum absolute atomic E-state index is 0.00921. The fourth-order valence-corrected chi connectivity index (χ4v) is 8.33. The number of benzene rings is 1.